The topological polar surface area (TPSA) is 26.3 Å². The highest BCUT2D eigenvalue weighted by Gasteiger charge is 2.32. The van der Waals surface area contributed by atoms with E-state index in [4.69, 9.17) is 4.43 Å². The number of carbonyl (C=O) groups is 1. The fourth-order valence-electron chi connectivity index (χ4n) is 1.58. The third-order valence-electron chi connectivity index (χ3n) is 2.46. The summed E-state index contributed by atoms with van der Waals surface area (Å²) in [4.78, 5) is 11.7. The van der Waals surface area contributed by atoms with Crippen molar-refractivity contribution in [2.75, 3.05) is 0 Å². The van der Waals surface area contributed by atoms with Gasteiger partial charge >= 0.3 is 5.97 Å². The summed E-state index contributed by atoms with van der Waals surface area (Å²) in [6.07, 6.45) is 0. The summed E-state index contributed by atoms with van der Waals surface area (Å²) in [5.74, 6) is -0.277. The third kappa shape index (κ3) is 3.86. The molecule has 92 valence electrons. The predicted molar refractivity (Wildman–Crippen MR) is 73.8 cm³/mol. The van der Waals surface area contributed by atoms with Crippen LogP contribution in [-0.4, -0.2) is 15.0 Å². The molecule has 0 aliphatic carbocycles. The van der Waals surface area contributed by atoms with Gasteiger partial charge < -0.3 is 4.43 Å². The fourth-order valence-corrected chi connectivity index (χ4v) is 4.06. The molecule has 0 amide bonds. The Labute approximate surface area is 105 Å². The molecule has 0 bridgehead atoms. The van der Waals surface area contributed by atoms with Crippen molar-refractivity contribution < 1.29 is 9.22 Å². The lowest BCUT2D eigenvalue weighted by Gasteiger charge is -2.28. The molecule has 0 aromatic heterocycles. The van der Waals surface area contributed by atoms with Crippen molar-refractivity contribution in [2.24, 2.45) is 0 Å². The molecular formula is C14H20O2Si. The number of carbonyl (C=O) groups excluding carboxylic acids is 1. The molecule has 1 rings (SSSR count). The Morgan fingerprint density at radius 2 is 1.76 bits per heavy atom. The molecule has 0 saturated carbocycles. The maximum absolute atomic E-state index is 11.7. The van der Waals surface area contributed by atoms with Gasteiger partial charge in [-0.05, 0) is 17.1 Å². The molecule has 2 nitrogen and oxygen atoms in total. The number of rotatable bonds is 3. The highest BCUT2D eigenvalue weighted by atomic mass is 28.3. The van der Waals surface area contributed by atoms with Crippen LogP contribution in [0.5, 0.6) is 0 Å². The summed E-state index contributed by atoms with van der Waals surface area (Å²) in [6.45, 7) is 11.7. The zero-order valence-electron chi connectivity index (χ0n) is 11.0. The van der Waals surface area contributed by atoms with E-state index in [9.17, 15) is 4.79 Å². The van der Waals surface area contributed by atoms with Crippen molar-refractivity contribution >= 4 is 20.2 Å². The van der Waals surface area contributed by atoms with Gasteiger partial charge in [0, 0.05) is 5.57 Å². The van der Waals surface area contributed by atoms with Gasteiger partial charge in [0.1, 0.15) is 0 Å². The predicted octanol–water partition coefficient (Wildman–Crippen LogP) is 2.54. The van der Waals surface area contributed by atoms with E-state index >= 15 is 0 Å². The van der Waals surface area contributed by atoms with Crippen LogP contribution in [0.3, 0.4) is 0 Å². The maximum atomic E-state index is 11.7. The fraction of sp³-hybridized carbons (Fsp3) is 0.357. The van der Waals surface area contributed by atoms with Crippen LogP contribution in [-0.2, 0) is 9.22 Å². The van der Waals surface area contributed by atoms with Gasteiger partial charge in [0.25, 0.3) is 9.04 Å². The minimum Gasteiger partial charge on any atom is -0.514 e. The minimum atomic E-state index is -1.80. The van der Waals surface area contributed by atoms with Crippen LogP contribution in [0.4, 0.5) is 0 Å². The lowest BCUT2D eigenvalue weighted by atomic mass is 10.2. The average molecular weight is 248 g/mol. The first-order valence-corrected chi connectivity index (χ1v) is 7.36. The van der Waals surface area contributed by atoms with E-state index < -0.39 is 9.04 Å². The Hall–Kier alpha value is -1.35. The van der Waals surface area contributed by atoms with E-state index in [0.29, 0.717) is 5.57 Å². The van der Waals surface area contributed by atoms with Crippen molar-refractivity contribution in [1.82, 2.24) is 0 Å². The van der Waals surface area contributed by atoms with Crippen LogP contribution >= 0.6 is 0 Å². The highest BCUT2D eigenvalue weighted by molar-refractivity contribution is 6.71. The van der Waals surface area contributed by atoms with Crippen molar-refractivity contribution in [3.05, 3.63) is 42.5 Å². The van der Waals surface area contributed by atoms with E-state index in [1.54, 1.807) is 6.92 Å². The zero-order chi connectivity index (χ0) is 13.1. The normalized spacial score (nSPS) is 12.9. The van der Waals surface area contributed by atoms with Crippen molar-refractivity contribution in [1.29, 1.82) is 0 Å². The Morgan fingerprint density at radius 1 is 1.24 bits per heavy atom. The molecule has 0 spiro atoms. The zero-order valence-corrected chi connectivity index (χ0v) is 12.1. The number of benzene rings is 1. The average Bonchev–Trinajstić information content (AvgIpc) is 2.25. The molecule has 0 aliphatic rings. The molecular weight excluding hydrogens is 228 g/mol. The van der Waals surface area contributed by atoms with Gasteiger partial charge in [-0.1, -0.05) is 57.7 Å². The third-order valence-corrected chi connectivity index (χ3v) is 5.48. The molecule has 3 heteroatoms. The number of hydrogen-bond donors (Lipinski definition) is 0. The van der Waals surface area contributed by atoms with Crippen LogP contribution in [0, 0.1) is 0 Å². The molecule has 0 radical (unpaired) electrons. The minimum absolute atomic E-state index is 0.00748. The molecule has 17 heavy (non-hydrogen) atoms. The maximum Gasteiger partial charge on any atom is 0.319 e. The quantitative estimate of drug-likeness (QED) is 0.607. The molecule has 0 fully saturated rings. The van der Waals surface area contributed by atoms with E-state index in [2.05, 4.69) is 27.4 Å². The van der Waals surface area contributed by atoms with E-state index in [0.717, 1.165) is 5.19 Å². The van der Waals surface area contributed by atoms with Gasteiger partial charge in [0.15, 0.2) is 0 Å². The van der Waals surface area contributed by atoms with Gasteiger partial charge in [-0.25, -0.2) is 4.79 Å². The second-order valence-electron chi connectivity index (χ2n) is 5.34. The molecule has 1 atom stereocenters. The summed E-state index contributed by atoms with van der Waals surface area (Å²) in [5, 5.41) is 1.14. The summed E-state index contributed by atoms with van der Waals surface area (Å²) in [7, 11) is -1.80. The van der Waals surface area contributed by atoms with Gasteiger partial charge in [-0.15, -0.1) is 0 Å². The van der Waals surface area contributed by atoms with E-state index in [-0.39, 0.29) is 11.0 Å². The summed E-state index contributed by atoms with van der Waals surface area (Å²) >= 11 is 0. The molecule has 0 aliphatic heterocycles. The smallest absolute Gasteiger partial charge is 0.319 e. The van der Waals surface area contributed by atoms with Crippen LogP contribution in [0.25, 0.3) is 0 Å². The Kier molecular flexibility index (Phi) is 4.29. The Balaban J connectivity index is 2.98. The van der Waals surface area contributed by atoms with E-state index in [1.165, 1.54) is 0 Å². The Morgan fingerprint density at radius 3 is 2.18 bits per heavy atom. The lowest BCUT2D eigenvalue weighted by Crippen LogP contribution is -2.43. The van der Waals surface area contributed by atoms with E-state index in [1.807, 2.05) is 30.3 Å². The van der Waals surface area contributed by atoms with Crippen molar-refractivity contribution in [3.8, 4) is 0 Å². The summed E-state index contributed by atoms with van der Waals surface area (Å²) in [6, 6.07) is 10.0. The van der Waals surface area contributed by atoms with Gasteiger partial charge in [0.05, 0.1) is 0 Å². The van der Waals surface area contributed by atoms with Crippen LogP contribution in [0.2, 0.25) is 5.04 Å². The van der Waals surface area contributed by atoms with Gasteiger partial charge in [-0.2, -0.15) is 0 Å². The van der Waals surface area contributed by atoms with Crippen LogP contribution in [0.15, 0.2) is 42.5 Å². The standard InChI is InChI=1S/C14H20O2Si/c1-11(2)13(15)16-17(14(3,4)5)12-9-7-6-8-10-12/h6-10,17H,1H2,2-5H3. The van der Waals surface area contributed by atoms with Crippen molar-refractivity contribution in [3.63, 3.8) is 0 Å². The molecule has 1 aromatic carbocycles. The SMILES string of the molecule is C=C(C)C(=O)O[SiH](c1ccccc1)C(C)(C)C. The highest BCUT2D eigenvalue weighted by Crippen LogP contribution is 2.27. The second-order valence-corrected chi connectivity index (χ2v) is 8.74. The Bertz CT molecular complexity index is 404. The van der Waals surface area contributed by atoms with Gasteiger partial charge in [0.2, 0.25) is 0 Å². The molecule has 0 saturated heterocycles. The van der Waals surface area contributed by atoms with Crippen LogP contribution in [0.1, 0.15) is 27.7 Å². The monoisotopic (exact) mass is 248 g/mol. The first-order chi connectivity index (χ1) is 7.82. The summed E-state index contributed by atoms with van der Waals surface area (Å²) < 4.78 is 5.66. The van der Waals surface area contributed by atoms with Gasteiger partial charge in [-0.3, -0.25) is 0 Å². The lowest BCUT2D eigenvalue weighted by molar-refractivity contribution is -0.130. The second kappa shape index (κ2) is 5.32. The van der Waals surface area contributed by atoms with Crippen LogP contribution < -0.4 is 5.19 Å². The number of hydrogen-bond acceptors (Lipinski definition) is 2. The molecule has 1 aromatic rings. The first-order valence-electron chi connectivity index (χ1n) is 5.74. The van der Waals surface area contributed by atoms with Crippen molar-refractivity contribution in [2.45, 2.75) is 32.7 Å². The first kappa shape index (κ1) is 13.7. The largest absolute Gasteiger partial charge is 0.514 e. The summed E-state index contributed by atoms with van der Waals surface area (Å²) in [5.41, 5.74) is 0.461. The molecule has 0 N–H and O–H groups in total. The molecule has 0 heterocycles. The molecule has 1 unspecified atom stereocenters.